The number of nitrogens with one attached hydrogen (secondary N) is 1. The normalized spacial score (nSPS) is 29.3. The molecule has 0 aliphatic carbocycles. The average Bonchev–Trinajstić information content (AvgIpc) is 2.63. The largest absolute Gasteiger partial charge is 0.508 e. The van der Waals surface area contributed by atoms with Crippen molar-refractivity contribution in [2.24, 2.45) is 5.73 Å². The molecule has 2 saturated heterocycles. The molecule has 2 fully saturated rings. The smallest absolute Gasteiger partial charge is 0.312 e. The number of urea groups is 1. The van der Waals surface area contributed by atoms with Crippen LogP contribution in [0.1, 0.15) is 31.2 Å². The monoisotopic (exact) mass is 275 g/mol. The molecule has 5 nitrogen and oxygen atoms in total. The summed E-state index contributed by atoms with van der Waals surface area (Å²) in [5.41, 5.74) is 6.44. The molecule has 20 heavy (non-hydrogen) atoms. The van der Waals surface area contributed by atoms with Gasteiger partial charge in [0.2, 0.25) is 0 Å². The summed E-state index contributed by atoms with van der Waals surface area (Å²) in [5.74, 6) is 0.307. The van der Waals surface area contributed by atoms with E-state index in [1.54, 1.807) is 12.1 Å². The van der Waals surface area contributed by atoms with Crippen molar-refractivity contribution in [1.29, 1.82) is 0 Å². The van der Waals surface area contributed by atoms with Crippen molar-refractivity contribution < 1.29 is 9.90 Å². The van der Waals surface area contributed by atoms with E-state index >= 15 is 0 Å². The van der Waals surface area contributed by atoms with Crippen molar-refractivity contribution in [3.63, 3.8) is 0 Å². The summed E-state index contributed by atoms with van der Waals surface area (Å²) in [6, 6.07) is 8.28. The van der Waals surface area contributed by atoms with E-state index < -0.39 is 6.03 Å². The minimum Gasteiger partial charge on any atom is -0.508 e. The Morgan fingerprint density at radius 1 is 1.25 bits per heavy atom. The lowest BCUT2D eigenvalue weighted by atomic mass is 9.96. The molecule has 0 radical (unpaired) electrons. The molecule has 2 aliphatic heterocycles. The van der Waals surface area contributed by atoms with Crippen LogP contribution in [0.3, 0.4) is 0 Å². The molecule has 2 bridgehead atoms. The van der Waals surface area contributed by atoms with Crippen molar-refractivity contribution >= 4 is 6.03 Å². The zero-order chi connectivity index (χ0) is 14.1. The number of nitrogens with zero attached hydrogens (tertiary/aromatic N) is 1. The first kappa shape index (κ1) is 13.2. The number of benzene rings is 1. The standard InChI is InChI=1S/C15H21N3O2/c16-15(20)17-11-7-12-3-4-13(8-11)18(12)9-10-1-5-14(19)6-2-10/h1-2,5-6,11-13,19H,3-4,7-9H2,(H3,16,17,20)/t11-,12+,13-. The Morgan fingerprint density at radius 2 is 1.85 bits per heavy atom. The summed E-state index contributed by atoms with van der Waals surface area (Å²) in [6.07, 6.45) is 4.36. The van der Waals surface area contributed by atoms with Gasteiger partial charge in [0.15, 0.2) is 0 Å². The van der Waals surface area contributed by atoms with Crippen LogP contribution in [0.5, 0.6) is 5.75 Å². The first-order chi connectivity index (χ1) is 9.61. The van der Waals surface area contributed by atoms with Crippen LogP contribution in [0, 0.1) is 0 Å². The lowest BCUT2D eigenvalue weighted by Gasteiger charge is -2.39. The highest BCUT2D eigenvalue weighted by Gasteiger charge is 2.40. The fraction of sp³-hybridized carbons (Fsp3) is 0.533. The number of piperidine rings is 1. The maximum atomic E-state index is 11.0. The van der Waals surface area contributed by atoms with Crippen molar-refractivity contribution in [3.8, 4) is 5.75 Å². The maximum absolute atomic E-state index is 11.0. The van der Waals surface area contributed by atoms with Gasteiger partial charge in [0.05, 0.1) is 0 Å². The summed E-state index contributed by atoms with van der Waals surface area (Å²) in [6.45, 7) is 0.916. The fourth-order valence-electron chi connectivity index (χ4n) is 3.66. The lowest BCUT2D eigenvalue weighted by Crippen LogP contribution is -2.51. The van der Waals surface area contributed by atoms with Crippen molar-refractivity contribution in [2.75, 3.05) is 0 Å². The van der Waals surface area contributed by atoms with Gasteiger partial charge >= 0.3 is 6.03 Å². The quantitative estimate of drug-likeness (QED) is 0.783. The van der Waals surface area contributed by atoms with Gasteiger partial charge in [-0.15, -0.1) is 0 Å². The molecule has 3 atom stereocenters. The van der Waals surface area contributed by atoms with Crippen molar-refractivity contribution in [1.82, 2.24) is 10.2 Å². The van der Waals surface area contributed by atoms with E-state index in [-0.39, 0.29) is 6.04 Å². The van der Waals surface area contributed by atoms with Gasteiger partial charge in [-0.05, 0) is 43.4 Å². The Hall–Kier alpha value is -1.75. The molecule has 5 heteroatoms. The molecule has 1 aromatic carbocycles. The van der Waals surface area contributed by atoms with Crippen LogP contribution in [0.15, 0.2) is 24.3 Å². The van der Waals surface area contributed by atoms with Gasteiger partial charge in [-0.25, -0.2) is 4.79 Å². The second-order valence-corrected chi connectivity index (χ2v) is 5.90. The van der Waals surface area contributed by atoms with Crippen LogP contribution in [0.4, 0.5) is 4.79 Å². The molecule has 0 saturated carbocycles. The topological polar surface area (TPSA) is 78.6 Å². The third kappa shape index (κ3) is 2.72. The Morgan fingerprint density at radius 3 is 2.40 bits per heavy atom. The van der Waals surface area contributed by atoms with Gasteiger partial charge < -0.3 is 16.2 Å². The minimum absolute atomic E-state index is 0.223. The Labute approximate surface area is 118 Å². The van der Waals surface area contributed by atoms with E-state index in [9.17, 15) is 9.90 Å². The molecule has 3 rings (SSSR count). The van der Waals surface area contributed by atoms with E-state index in [2.05, 4.69) is 10.2 Å². The number of nitrogens with two attached hydrogens (primary N) is 1. The highest BCUT2D eigenvalue weighted by atomic mass is 16.3. The molecule has 2 aliphatic rings. The van der Waals surface area contributed by atoms with Crippen molar-refractivity contribution in [2.45, 2.75) is 50.4 Å². The van der Waals surface area contributed by atoms with Crippen LogP contribution in [0.25, 0.3) is 0 Å². The van der Waals surface area contributed by atoms with Gasteiger partial charge in [-0.2, -0.15) is 0 Å². The molecule has 108 valence electrons. The zero-order valence-corrected chi connectivity index (χ0v) is 11.5. The molecule has 4 N–H and O–H groups in total. The highest BCUT2D eigenvalue weighted by molar-refractivity contribution is 5.72. The van der Waals surface area contributed by atoms with E-state index in [0.717, 1.165) is 19.4 Å². The van der Waals surface area contributed by atoms with Crippen LogP contribution < -0.4 is 11.1 Å². The maximum Gasteiger partial charge on any atom is 0.312 e. The number of phenols is 1. The molecule has 0 unspecified atom stereocenters. The number of phenolic OH excluding ortho intramolecular Hbond substituents is 1. The molecular weight excluding hydrogens is 254 g/mol. The predicted octanol–water partition coefficient (Wildman–Crippen LogP) is 1.56. The first-order valence-electron chi connectivity index (χ1n) is 7.21. The Bertz CT molecular complexity index is 474. The number of carbonyl (C=O) groups excluding carboxylic acids is 1. The number of carbonyl (C=O) groups is 1. The minimum atomic E-state index is -0.415. The van der Waals surface area contributed by atoms with E-state index in [0.29, 0.717) is 17.8 Å². The molecule has 2 amide bonds. The van der Waals surface area contributed by atoms with E-state index in [1.807, 2.05) is 12.1 Å². The van der Waals surface area contributed by atoms with Gasteiger partial charge in [0, 0.05) is 24.7 Å². The third-order valence-corrected chi connectivity index (χ3v) is 4.53. The van der Waals surface area contributed by atoms with Crippen LogP contribution in [-0.4, -0.2) is 34.2 Å². The molecule has 1 aromatic rings. The second kappa shape index (κ2) is 5.32. The molecule has 0 spiro atoms. The summed E-state index contributed by atoms with van der Waals surface area (Å²) in [4.78, 5) is 13.5. The third-order valence-electron chi connectivity index (χ3n) is 4.53. The Balaban J connectivity index is 1.65. The number of rotatable bonds is 3. The number of aromatic hydroxyl groups is 1. The van der Waals surface area contributed by atoms with Crippen LogP contribution in [-0.2, 0) is 6.54 Å². The first-order valence-corrected chi connectivity index (χ1v) is 7.21. The lowest BCUT2D eigenvalue weighted by molar-refractivity contribution is 0.112. The summed E-state index contributed by atoms with van der Waals surface area (Å²) in [5, 5.41) is 12.2. The molecular formula is C15H21N3O2. The number of hydrogen-bond donors (Lipinski definition) is 3. The van der Waals surface area contributed by atoms with E-state index in [1.165, 1.54) is 18.4 Å². The van der Waals surface area contributed by atoms with Crippen LogP contribution in [0.2, 0.25) is 0 Å². The summed E-state index contributed by atoms with van der Waals surface area (Å²) in [7, 11) is 0. The van der Waals surface area contributed by atoms with Crippen LogP contribution >= 0.6 is 0 Å². The molecule has 2 heterocycles. The summed E-state index contributed by atoms with van der Waals surface area (Å²) < 4.78 is 0. The number of amides is 2. The summed E-state index contributed by atoms with van der Waals surface area (Å²) >= 11 is 0. The van der Waals surface area contributed by atoms with Gasteiger partial charge in [0.1, 0.15) is 5.75 Å². The van der Waals surface area contributed by atoms with E-state index in [4.69, 9.17) is 5.73 Å². The van der Waals surface area contributed by atoms with Crippen molar-refractivity contribution in [3.05, 3.63) is 29.8 Å². The highest BCUT2D eigenvalue weighted by Crippen LogP contribution is 2.36. The number of fused-ring (bicyclic) bond motifs is 2. The zero-order valence-electron chi connectivity index (χ0n) is 11.5. The fourth-order valence-corrected chi connectivity index (χ4v) is 3.66. The predicted molar refractivity (Wildman–Crippen MR) is 76.2 cm³/mol. The Kier molecular flexibility index (Phi) is 3.53. The molecule has 0 aromatic heterocycles. The number of primary amides is 1. The second-order valence-electron chi connectivity index (χ2n) is 5.90. The van der Waals surface area contributed by atoms with Gasteiger partial charge in [-0.1, -0.05) is 12.1 Å². The average molecular weight is 275 g/mol. The van der Waals surface area contributed by atoms with Gasteiger partial charge in [-0.3, -0.25) is 4.90 Å². The number of hydrogen-bond acceptors (Lipinski definition) is 3. The SMILES string of the molecule is NC(=O)N[C@H]1C[C@H]2CC[C@@H](C1)N2Cc1ccc(O)cc1. The van der Waals surface area contributed by atoms with Gasteiger partial charge in [0.25, 0.3) is 0 Å².